The quantitative estimate of drug-likeness (QED) is 0.163. The molecule has 0 radical (unpaired) electrons. The summed E-state index contributed by atoms with van der Waals surface area (Å²) in [7, 11) is 2.10. The maximum atomic E-state index is 12.0. The van der Waals surface area contributed by atoms with Crippen LogP contribution in [0.3, 0.4) is 0 Å². The molecule has 182 valence electrons. The first kappa shape index (κ1) is 26.6. The van der Waals surface area contributed by atoms with Crippen LogP contribution in [0, 0.1) is 0 Å². The summed E-state index contributed by atoms with van der Waals surface area (Å²) in [5, 5.41) is 0. The molecule has 0 saturated carbocycles. The summed E-state index contributed by atoms with van der Waals surface area (Å²) in [5.74, 6) is 0.630. The lowest BCUT2D eigenvalue weighted by Gasteiger charge is -2.36. The van der Waals surface area contributed by atoms with E-state index in [0.717, 1.165) is 50.0 Å². The van der Waals surface area contributed by atoms with Crippen LogP contribution in [-0.4, -0.2) is 59.5 Å². The van der Waals surface area contributed by atoms with Crippen LogP contribution in [0.25, 0.3) is 5.57 Å². The third kappa shape index (κ3) is 9.86. The molecule has 1 aliphatic rings. The van der Waals surface area contributed by atoms with Crippen LogP contribution < -0.4 is 4.74 Å². The van der Waals surface area contributed by atoms with Crippen molar-refractivity contribution in [2.45, 2.75) is 84.5 Å². The number of unbranched alkanes of at least 4 members (excludes halogenated alkanes) is 8. The molecule has 0 aliphatic carbocycles. The smallest absolute Gasteiger partial charge is 0.475 e. The minimum atomic E-state index is -0.569. The van der Waals surface area contributed by atoms with E-state index in [0.29, 0.717) is 23.6 Å². The van der Waals surface area contributed by atoms with Gasteiger partial charge in [0.15, 0.2) is 0 Å². The number of hydrogen-bond acceptors (Lipinski definition) is 7. The lowest BCUT2D eigenvalue weighted by Crippen LogP contribution is -2.49. The van der Waals surface area contributed by atoms with Crippen LogP contribution in [0.1, 0.15) is 90.2 Å². The Kier molecular flexibility index (Phi) is 12.6. The van der Waals surface area contributed by atoms with E-state index in [4.69, 9.17) is 14.2 Å². The largest absolute Gasteiger partial charge is 0.512 e. The number of likely N-dealkylation sites (N-methyl/N-ethyl adjacent to an activating group) is 1. The summed E-state index contributed by atoms with van der Waals surface area (Å²) in [6, 6.07) is 0. The first-order valence-electron chi connectivity index (χ1n) is 12.4. The summed E-state index contributed by atoms with van der Waals surface area (Å²) in [5.41, 5.74) is 1.94. The third-order valence-corrected chi connectivity index (χ3v) is 6.33. The second kappa shape index (κ2) is 15.2. The van der Waals surface area contributed by atoms with Crippen molar-refractivity contribution < 1.29 is 23.5 Å². The van der Waals surface area contributed by atoms with E-state index in [-0.39, 0.29) is 6.73 Å². The molecule has 2 heterocycles. The second-order valence-corrected chi connectivity index (χ2v) is 9.51. The van der Waals surface area contributed by atoms with Crippen molar-refractivity contribution in [1.29, 1.82) is 0 Å². The zero-order valence-electron chi connectivity index (χ0n) is 20.3. The molecule has 1 unspecified atom stereocenters. The predicted molar refractivity (Wildman–Crippen MR) is 129 cm³/mol. The fourth-order valence-corrected chi connectivity index (χ4v) is 4.38. The van der Waals surface area contributed by atoms with Crippen molar-refractivity contribution >= 4 is 23.5 Å². The fourth-order valence-electron chi connectivity index (χ4n) is 3.84. The normalized spacial score (nSPS) is 18.3. The monoisotopic (exact) mass is 468 g/mol. The van der Waals surface area contributed by atoms with Gasteiger partial charge < -0.3 is 14.2 Å². The summed E-state index contributed by atoms with van der Waals surface area (Å²) < 4.78 is 26.0. The number of aromatic nitrogens is 2. The van der Waals surface area contributed by atoms with E-state index < -0.39 is 6.16 Å². The molecule has 0 aromatic carbocycles. The van der Waals surface area contributed by atoms with Gasteiger partial charge in [0.05, 0.1) is 38.5 Å². The SMILES string of the molecule is CCCCCCCCOC(=O)OC[N+]1(C)CCC=C(c2nsnc2OCCCCCC)C1. The maximum Gasteiger partial charge on any atom is 0.512 e. The second-order valence-electron chi connectivity index (χ2n) is 8.99. The molecule has 0 spiro atoms. The fraction of sp³-hybridized carbons (Fsp3) is 0.792. The van der Waals surface area contributed by atoms with Crippen LogP contribution in [0.4, 0.5) is 4.79 Å². The first-order valence-corrected chi connectivity index (χ1v) is 13.1. The minimum Gasteiger partial charge on any atom is -0.475 e. The lowest BCUT2D eigenvalue weighted by molar-refractivity contribution is -0.919. The van der Waals surface area contributed by atoms with Gasteiger partial charge >= 0.3 is 6.16 Å². The molecule has 2 rings (SSSR count). The van der Waals surface area contributed by atoms with Gasteiger partial charge in [0, 0.05) is 12.0 Å². The molecule has 1 aromatic heterocycles. The molecule has 0 saturated heterocycles. The summed E-state index contributed by atoms with van der Waals surface area (Å²) in [6.07, 6.45) is 14.2. The van der Waals surface area contributed by atoms with Crippen molar-refractivity contribution in [2.24, 2.45) is 0 Å². The van der Waals surface area contributed by atoms with Crippen LogP contribution in [0.2, 0.25) is 0 Å². The van der Waals surface area contributed by atoms with Gasteiger partial charge in [-0.3, -0.25) is 4.48 Å². The van der Waals surface area contributed by atoms with E-state index in [1.807, 2.05) is 0 Å². The van der Waals surface area contributed by atoms with E-state index in [9.17, 15) is 4.79 Å². The molecule has 8 heteroatoms. The zero-order valence-corrected chi connectivity index (χ0v) is 21.1. The van der Waals surface area contributed by atoms with E-state index in [1.165, 1.54) is 56.7 Å². The van der Waals surface area contributed by atoms with E-state index in [2.05, 4.69) is 35.7 Å². The number of ether oxygens (including phenoxy) is 3. The topological polar surface area (TPSA) is 70.5 Å². The molecule has 0 amide bonds. The van der Waals surface area contributed by atoms with E-state index in [1.54, 1.807) is 0 Å². The van der Waals surface area contributed by atoms with Crippen LogP contribution in [0.5, 0.6) is 5.88 Å². The number of quaternary nitrogens is 1. The molecule has 1 aliphatic heterocycles. The highest BCUT2D eigenvalue weighted by molar-refractivity contribution is 6.99. The Morgan fingerprint density at radius 2 is 1.66 bits per heavy atom. The summed E-state index contributed by atoms with van der Waals surface area (Å²) in [4.78, 5) is 12.0. The Balaban J connectivity index is 1.73. The molecule has 0 fully saturated rings. The Bertz CT molecular complexity index is 695. The highest BCUT2D eigenvalue weighted by Gasteiger charge is 2.31. The molecule has 7 nitrogen and oxygen atoms in total. The Morgan fingerprint density at radius 1 is 0.969 bits per heavy atom. The average Bonchev–Trinajstić information content (AvgIpc) is 3.26. The van der Waals surface area contributed by atoms with Gasteiger partial charge in [-0.2, -0.15) is 4.37 Å². The number of nitrogens with zero attached hydrogens (tertiary/aromatic N) is 3. The van der Waals surface area contributed by atoms with Gasteiger partial charge in [-0.05, 0) is 12.8 Å². The van der Waals surface area contributed by atoms with Gasteiger partial charge in [0.25, 0.3) is 5.88 Å². The molecule has 1 atom stereocenters. The molecular formula is C24H42N3O4S+. The van der Waals surface area contributed by atoms with Crippen molar-refractivity contribution in [3.8, 4) is 5.88 Å². The lowest BCUT2D eigenvalue weighted by atomic mass is 10.1. The number of hydrogen-bond donors (Lipinski definition) is 0. The van der Waals surface area contributed by atoms with Crippen LogP contribution in [0.15, 0.2) is 6.08 Å². The van der Waals surface area contributed by atoms with Gasteiger partial charge in [0.1, 0.15) is 12.2 Å². The third-order valence-electron chi connectivity index (χ3n) is 5.82. The van der Waals surface area contributed by atoms with Crippen molar-refractivity contribution in [2.75, 3.05) is 40.1 Å². The first-order chi connectivity index (χ1) is 15.6. The predicted octanol–water partition coefficient (Wildman–Crippen LogP) is 6.20. The molecule has 1 aromatic rings. The number of carbonyl (C=O) groups excluding carboxylic acids is 1. The van der Waals surface area contributed by atoms with Gasteiger partial charge in [-0.15, -0.1) is 4.37 Å². The van der Waals surface area contributed by atoms with Crippen molar-refractivity contribution in [1.82, 2.24) is 8.75 Å². The molecule has 32 heavy (non-hydrogen) atoms. The molecule has 0 N–H and O–H groups in total. The van der Waals surface area contributed by atoms with Crippen molar-refractivity contribution in [3.63, 3.8) is 0 Å². The zero-order chi connectivity index (χ0) is 23.1. The van der Waals surface area contributed by atoms with Gasteiger partial charge in [0.2, 0.25) is 6.73 Å². The highest BCUT2D eigenvalue weighted by Crippen LogP contribution is 2.30. The molecular weight excluding hydrogens is 426 g/mol. The number of rotatable bonds is 16. The Hall–Kier alpha value is -1.67. The van der Waals surface area contributed by atoms with Crippen LogP contribution in [-0.2, 0) is 9.47 Å². The maximum absolute atomic E-state index is 12.0. The minimum absolute atomic E-state index is 0.289. The van der Waals surface area contributed by atoms with E-state index >= 15 is 0 Å². The average molecular weight is 469 g/mol. The molecule has 0 bridgehead atoms. The highest BCUT2D eigenvalue weighted by atomic mass is 32.1. The summed E-state index contributed by atoms with van der Waals surface area (Å²) in [6.45, 7) is 7.43. The summed E-state index contributed by atoms with van der Waals surface area (Å²) >= 11 is 1.19. The van der Waals surface area contributed by atoms with Crippen LogP contribution >= 0.6 is 11.7 Å². The standard InChI is InChI=1S/C24H42N3O4S/c1-4-6-8-10-11-13-18-30-24(28)31-20-27(3)16-14-15-21(19-27)22-23(26-32-25-22)29-17-12-9-7-5-2/h15H,4-14,16-20H2,1-3H3/q+1. The van der Waals surface area contributed by atoms with Crippen molar-refractivity contribution in [3.05, 3.63) is 11.8 Å². The Morgan fingerprint density at radius 3 is 2.44 bits per heavy atom. The van der Waals surface area contributed by atoms with Gasteiger partial charge in [-0.1, -0.05) is 71.3 Å². The Labute approximate surface area is 198 Å². The van der Waals surface area contributed by atoms with Gasteiger partial charge in [-0.25, -0.2) is 4.79 Å². The number of carbonyl (C=O) groups is 1.